The zero-order valence-electron chi connectivity index (χ0n) is 10.8. The maximum Gasteiger partial charge on any atom is 0.331 e. The number of imide groups is 2. The Morgan fingerprint density at radius 3 is 2.58 bits per heavy atom. The molecule has 0 spiro atoms. The second-order valence-corrected chi connectivity index (χ2v) is 4.84. The minimum Gasteiger partial charge on any atom is -0.354 e. The van der Waals surface area contributed by atoms with Crippen molar-refractivity contribution in [1.82, 2.24) is 15.5 Å². The Balaban J connectivity index is 2.14. The summed E-state index contributed by atoms with van der Waals surface area (Å²) in [6.45, 7) is 2.13. The van der Waals surface area contributed by atoms with Crippen LogP contribution in [0.4, 0.5) is 4.79 Å². The highest BCUT2D eigenvalue weighted by Crippen LogP contribution is 2.21. The lowest BCUT2D eigenvalue weighted by Gasteiger charge is -2.37. The first kappa shape index (κ1) is 13.5. The first-order chi connectivity index (χ1) is 9.04. The Hall–Kier alpha value is -1.92. The number of hydrogen-bond acceptors (Lipinski definition) is 4. The Bertz CT molecular complexity index is 425. The van der Waals surface area contributed by atoms with Gasteiger partial charge >= 0.3 is 6.03 Å². The van der Waals surface area contributed by atoms with Gasteiger partial charge in [-0.1, -0.05) is 13.3 Å². The lowest BCUT2D eigenvalue weighted by molar-refractivity contribution is -0.145. The third kappa shape index (κ3) is 2.59. The average Bonchev–Trinajstić information content (AvgIpc) is 2.36. The van der Waals surface area contributed by atoms with Gasteiger partial charge in [-0.15, -0.1) is 0 Å². The van der Waals surface area contributed by atoms with Crippen LogP contribution in [0.25, 0.3) is 0 Å². The number of amides is 5. The van der Waals surface area contributed by atoms with Gasteiger partial charge in [0.15, 0.2) is 0 Å². The number of nitrogens with one attached hydrogen (secondary N) is 2. The molecule has 104 valence electrons. The first-order valence-corrected chi connectivity index (χ1v) is 6.49. The second kappa shape index (κ2) is 5.38. The summed E-state index contributed by atoms with van der Waals surface area (Å²) >= 11 is 0. The van der Waals surface area contributed by atoms with Crippen LogP contribution in [-0.2, 0) is 14.4 Å². The predicted molar refractivity (Wildman–Crippen MR) is 64.8 cm³/mol. The van der Waals surface area contributed by atoms with Crippen LogP contribution in [0.5, 0.6) is 0 Å². The van der Waals surface area contributed by atoms with E-state index in [0.29, 0.717) is 19.3 Å². The molecule has 7 heteroatoms. The Labute approximate surface area is 110 Å². The summed E-state index contributed by atoms with van der Waals surface area (Å²) in [5.41, 5.74) is 0. The van der Waals surface area contributed by atoms with Crippen molar-refractivity contribution in [2.24, 2.45) is 5.92 Å². The normalized spacial score (nSPS) is 28.2. The van der Waals surface area contributed by atoms with Gasteiger partial charge in [-0.3, -0.25) is 24.6 Å². The topological polar surface area (TPSA) is 95.6 Å². The van der Waals surface area contributed by atoms with Crippen molar-refractivity contribution < 1.29 is 19.2 Å². The van der Waals surface area contributed by atoms with Crippen molar-refractivity contribution in [2.45, 2.75) is 38.6 Å². The van der Waals surface area contributed by atoms with Crippen molar-refractivity contribution >= 4 is 23.8 Å². The summed E-state index contributed by atoms with van der Waals surface area (Å²) in [5, 5.41) is 4.85. The van der Waals surface area contributed by atoms with Crippen molar-refractivity contribution in [3.63, 3.8) is 0 Å². The van der Waals surface area contributed by atoms with Crippen LogP contribution in [0.3, 0.4) is 0 Å². The van der Waals surface area contributed by atoms with Gasteiger partial charge in [0.2, 0.25) is 17.7 Å². The van der Waals surface area contributed by atoms with Crippen LogP contribution in [0.2, 0.25) is 0 Å². The minimum atomic E-state index is -0.791. The number of barbiturate groups is 1. The minimum absolute atomic E-state index is 0.0812. The molecule has 19 heavy (non-hydrogen) atoms. The molecule has 7 nitrogen and oxygen atoms in total. The molecular weight excluding hydrogens is 250 g/mol. The van der Waals surface area contributed by atoms with Crippen molar-refractivity contribution in [3.8, 4) is 0 Å². The molecule has 2 fully saturated rings. The van der Waals surface area contributed by atoms with E-state index >= 15 is 0 Å². The van der Waals surface area contributed by atoms with Crippen molar-refractivity contribution in [1.29, 1.82) is 0 Å². The third-order valence-electron chi connectivity index (χ3n) is 3.48. The van der Waals surface area contributed by atoms with Crippen LogP contribution < -0.4 is 10.6 Å². The highest BCUT2D eigenvalue weighted by Gasteiger charge is 2.43. The number of carbonyl (C=O) groups is 4. The van der Waals surface area contributed by atoms with Crippen LogP contribution in [0.1, 0.15) is 32.6 Å². The molecular formula is C12H17N3O4. The van der Waals surface area contributed by atoms with Gasteiger partial charge in [0.1, 0.15) is 5.92 Å². The molecule has 5 amide bonds. The van der Waals surface area contributed by atoms with E-state index < -0.39 is 23.8 Å². The molecule has 0 saturated carbocycles. The van der Waals surface area contributed by atoms with Gasteiger partial charge in [-0.2, -0.15) is 0 Å². The fraction of sp³-hybridized carbons (Fsp3) is 0.667. The van der Waals surface area contributed by atoms with E-state index in [1.165, 1.54) is 0 Å². The van der Waals surface area contributed by atoms with E-state index in [4.69, 9.17) is 0 Å². The molecule has 2 N–H and O–H groups in total. The molecule has 2 saturated heterocycles. The Morgan fingerprint density at radius 2 is 2.00 bits per heavy atom. The van der Waals surface area contributed by atoms with E-state index in [0.717, 1.165) is 4.90 Å². The van der Waals surface area contributed by atoms with Gasteiger partial charge in [-0.25, -0.2) is 4.79 Å². The van der Waals surface area contributed by atoms with Gasteiger partial charge in [-0.05, 0) is 12.8 Å². The van der Waals surface area contributed by atoms with E-state index in [-0.39, 0.29) is 24.9 Å². The van der Waals surface area contributed by atoms with E-state index in [1.807, 2.05) is 6.92 Å². The average molecular weight is 267 g/mol. The smallest absolute Gasteiger partial charge is 0.331 e. The van der Waals surface area contributed by atoms with E-state index in [9.17, 15) is 19.2 Å². The molecule has 2 heterocycles. The van der Waals surface area contributed by atoms with Gasteiger partial charge in [0.05, 0.1) is 6.04 Å². The molecule has 0 aliphatic carbocycles. The molecule has 2 aliphatic rings. The molecule has 0 bridgehead atoms. The van der Waals surface area contributed by atoms with Gasteiger partial charge < -0.3 is 5.32 Å². The molecule has 0 aromatic heterocycles. The van der Waals surface area contributed by atoms with E-state index in [2.05, 4.69) is 10.6 Å². The van der Waals surface area contributed by atoms with E-state index in [1.54, 1.807) is 0 Å². The monoisotopic (exact) mass is 267 g/mol. The third-order valence-corrected chi connectivity index (χ3v) is 3.48. The molecule has 2 atom stereocenters. The molecule has 2 unspecified atom stereocenters. The van der Waals surface area contributed by atoms with Crippen molar-refractivity contribution in [3.05, 3.63) is 0 Å². The van der Waals surface area contributed by atoms with Gasteiger partial charge in [0.25, 0.3) is 0 Å². The second-order valence-electron chi connectivity index (χ2n) is 4.84. The zero-order chi connectivity index (χ0) is 14.0. The maximum absolute atomic E-state index is 12.2. The summed E-state index contributed by atoms with van der Waals surface area (Å²) in [6, 6.07) is -1.04. The first-order valence-electron chi connectivity index (χ1n) is 6.49. The highest BCUT2D eigenvalue weighted by atomic mass is 16.2. The number of piperidine rings is 1. The molecule has 0 radical (unpaired) electrons. The lowest BCUT2D eigenvalue weighted by Crippen LogP contribution is -2.63. The largest absolute Gasteiger partial charge is 0.354 e. The highest BCUT2D eigenvalue weighted by molar-refractivity contribution is 6.16. The summed E-state index contributed by atoms with van der Waals surface area (Å²) in [7, 11) is 0. The van der Waals surface area contributed by atoms with Crippen LogP contribution in [0, 0.1) is 5.92 Å². The predicted octanol–water partition coefficient (Wildman–Crippen LogP) is -0.240. The Morgan fingerprint density at radius 1 is 1.26 bits per heavy atom. The zero-order valence-corrected chi connectivity index (χ0v) is 10.8. The summed E-state index contributed by atoms with van der Waals surface area (Å²) in [4.78, 5) is 47.9. The quantitative estimate of drug-likeness (QED) is 0.690. The number of rotatable bonds is 3. The number of nitrogens with zero attached hydrogens (tertiary/aromatic N) is 1. The molecule has 2 rings (SSSR count). The molecule has 0 aromatic carbocycles. The maximum atomic E-state index is 12.2. The van der Waals surface area contributed by atoms with Crippen LogP contribution in [-0.4, -0.2) is 41.2 Å². The van der Waals surface area contributed by atoms with Crippen LogP contribution >= 0.6 is 0 Å². The molecule has 0 aromatic rings. The summed E-state index contributed by atoms with van der Waals surface area (Å²) < 4.78 is 0. The Kier molecular flexibility index (Phi) is 3.82. The lowest BCUT2D eigenvalue weighted by atomic mass is 9.96. The number of urea groups is 1. The number of hydrogen-bond donors (Lipinski definition) is 2. The molecule has 2 aliphatic heterocycles. The van der Waals surface area contributed by atoms with Crippen LogP contribution in [0.15, 0.2) is 0 Å². The SMILES string of the molecule is CCCC1C(=O)NC(=O)N(C2CCC(=O)NC2)C1=O. The standard InChI is InChI=1S/C12H17N3O4/c1-2-3-8-10(17)14-12(19)15(11(8)18)7-4-5-9(16)13-6-7/h7-8H,2-6H2,1H3,(H,13,16)(H,14,17,19). The fourth-order valence-electron chi connectivity index (χ4n) is 2.46. The number of carbonyl (C=O) groups excluding carboxylic acids is 4. The summed E-state index contributed by atoms with van der Waals surface area (Å²) in [5.74, 6) is -1.84. The fourth-order valence-corrected chi connectivity index (χ4v) is 2.46. The van der Waals surface area contributed by atoms with Crippen molar-refractivity contribution in [2.75, 3.05) is 6.54 Å². The summed E-state index contributed by atoms with van der Waals surface area (Å²) in [6.07, 6.45) is 1.84. The van der Waals surface area contributed by atoms with Gasteiger partial charge in [0, 0.05) is 13.0 Å².